The second-order valence-electron chi connectivity index (χ2n) is 4.75. The Labute approximate surface area is 99.6 Å². The SMILES string of the molecule is CCC(O)CCNCCN1CCN(C)CC1. The van der Waals surface area contributed by atoms with Gasteiger partial charge in [0.2, 0.25) is 0 Å². The van der Waals surface area contributed by atoms with Crippen LogP contribution in [0.5, 0.6) is 0 Å². The standard InChI is InChI=1S/C12H27N3O/c1-3-12(16)4-5-13-6-7-15-10-8-14(2)9-11-15/h12-13,16H,3-11H2,1-2H3. The van der Waals surface area contributed by atoms with Gasteiger partial charge in [0.25, 0.3) is 0 Å². The molecule has 4 nitrogen and oxygen atoms in total. The van der Waals surface area contributed by atoms with Gasteiger partial charge in [-0.1, -0.05) is 6.92 Å². The summed E-state index contributed by atoms with van der Waals surface area (Å²) in [6, 6.07) is 0. The first-order chi connectivity index (χ1) is 7.72. The Balaban J connectivity index is 1.91. The normalized spacial score (nSPS) is 21.2. The quantitative estimate of drug-likeness (QED) is 0.602. The summed E-state index contributed by atoms with van der Waals surface area (Å²) in [6.45, 7) is 9.89. The first-order valence-corrected chi connectivity index (χ1v) is 6.52. The fourth-order valence-corrected chi connectivity index (χ4v) is 1.91. The molecule has 1 unspecified atom stereocenters. The number of likely N-dealkylation sites (N-methyl/N-ethyl adjacent to an activating group) is 1. The van der Waals surface area contributed by atoms with Crippen LogP contribution in [-0.2, 0) is 0 Å². The highest BCUT2D eigenvalue weighted by atomic mass is 16.3. The minimum absolute atomic E-state index is 0.129. The molecule has 0 aromatic rings. The number of aliphatic hydroxyl groups excluding tert-OH is 1. The largest absolute Gasteiger partial charge is 0.393 e. The zero-order valence-corrected chi connectivity index (χ0v) is 10.8. The van der Waals surface area contributed by atoms with E-state index in [9.17, 15) is 5.11 Å². The van der Waals surface area contributed by atoms with E-state index in [0.29, 0.717) is 0 Å². The summed E-state index contributed by atoms with van der Waals surface area (Å²) in [7, 11) is 2.18. The van der Waals surface area contributed by atoms with Crippen molar-refractivity contribution < 1.29 is 5.11 Å². The molecule has 1 fully saturated rings. The zero-order valence-electron chi connectivity index (χ0n) is 10.8. The van der Waals surface area contributed by atoms with Crippen LogP contribution in [0.15, 0.2) is 0 Å². The molecule has 1 saturated heterocycles. The fraction of sp³-hybridized carbons (Fsp3) is 1.00. The summed E-state index contributed by atoms with van der Waals surface area (Å²) in [5.41, 5.74) is 0. The van der Waals surface area contributed by atoms with Crippen molar-refractivity contribution in [2.45, 2.75) is 25.9 Å². The van der Waals surface area contributed by atoms with Crippen LogP contribution in [0.3, 0.4) is 0 Å². The number of rotatable bonds is 7. The Morgan fingerprint density at radius 2 is 1.88 bits per heavy atom. The van der Waals surface area contributed by atoms with Gasteiger partial charge in [0.1, 0.15) is 0 Å². The van der Waals surface area contributed by atoms with Crippen molar-refractivity contribution in [3.05, 3.63) is 0 Å². The molecule has 0 radical (unpaired) electrons. The van der Waals surface area contributed by atoms with Gasteiger partial charge in [-0.3, -0.25) is 4.90 Å². The third-order valence-corrected chi connectivity index (χ3v) is 3.33. The van der Waals surface area contributed by atoms with Crippen molar-refractivity contribution >= 4 is 0 Å². The molecular weight excluding hydrogens is 202 g/mol. The molecule has 0 bridgehead atoms. The molecule has 0 aromatic heterocycles. The van der Waals surface area contributed by atoms with Gasteiger partial charge < -0.3 is 15.3 Å². The molecule has 1 rings (SSSR count). The molecule has 1 atom stereocenters. The molecule has 1 heterocycles. The minimum atomic E-state index is -0.129. The van der Waals surface area contributed by atoms with Crippen molar-refractivity contribution in [2.24, 2.45) is 0 Å². The predicted octanol–water partition coefficient (Wildman–Crippen LogP) is -0.0156. The molecule has 0 amide bonds. The molecule has 16 heavy (non-hydrogen) atoms. The molecule has 1 aliphatic rings. The molecule has 0 saturated carbocycles. The number of nitrogens with zero attached hydrogens (tertiary/aromatic N) is 2. The lowest BCUT2D eigenvalue weighted by Gasteiger charge is -2.32. The van der Waals surface area contributed by atoms with E-state index in [4.69, 9.17) is 0 Å². The molecular formula is C12H27N3O. The third kappa shape index (κ3) is 5.80. The van der Waals surface area contributed by atoms with E-state index >= 15 is 0 Å². The molecule has 0 spiro atoms. The Morgan fingerprint density at radius 3 is 2.50 bits per heavy atom. The zero-order chi connectivity index (χ0) is 11.8. The van der Waals surface area contributed by atoms with E-state index in [1.165, 1.54) is 26.2 Å². The summed E-state index contributed by atoms with van der Waals surface area (Å²) in [4.78, 5) is 4.88. The van der Waals surface area contributed by atoms with Crippen LogP contribution >= 0.6 is 0 Å². The van der Waals surface area contributed by atoms with Crippen molar-refractivity contribution in [1.82, 2.24) is 15.1 Å². The summed E-state index contributed by atoms with van der Waals surface area (Å²) in [5, 5.41) is 12.8. The van der Waals surface area contributed by atoms with E-state index in [2.05, 4.69) is 22.2 Å². The number of nitrogens with one attached hydrogen (secondary N) is 1. The second kappa shape index (κ2) is 8.01. The maximum absolute atomic E-state index is 9.38. The maximum Gasteiger partial charge on any atom is 0.0549 e. The van der Waals surface area contributed by atoms with Gasteiger partial charge in [-0.05, 0) is 26.4 Å². The lowest BCUT2D eigenvalue weighted by atomic mass is 10.2. The van der Waals surface area contributed by atoms with Gasteiger partial charge in [0.15, 0.2) is 0 Å². The van der Waals surface area contributed by atoms with Crippen LogP contribution in [0.25, 0.3) is 0 Å². The lowest BCUT2D eigenvalue weighted by Crippen LogP contribution is -2.46. The van der Waals surface area contributed by atoms with Crippen molar-refractivity contribution in [1.29, 1.82) is 0 Å². The first-order valence-electron chi connectivity index (χ1n) is 6.52. The molecule has 0 aliphatic carbocycles. The Hall–Kier alpha value is -0.160. The number of hydrogen-bond acceptors (Lipinski definition) is 4. The van der Waals surface area contributed by atoms with Crippen LogP contribution in [0, 0.1) is 0 Å². The highest BCUT2D eigenvalue weighted by Crippen LogP contribution is 1.98. The lowest BCUT2D eigenvalue weighted by molar-refractivity contribution is 0.149. The van der Waals surface area contributed by atoms with Crippen LogP contribution in [0.2, 0.25) is 0 Å². The number of aliphatic hydroxyl groups is 1. The highest BCUT2D eigenvalue weighted by Gasteiger charge is 2.12. The Kier molecular flexibility index (Phi) is 6.96. The van der Waals surface area contributed by atoms with Gasteiger partial charge in [-0.25, -0.2) is 0 Å². The Bertz CT molecular complexity index is 170. The van der Waals surface area contributed by atoms with Crippen LogP contribution in [-0.4, -0.2) is 73.9 Å². The molecule has 1 aliphatic heterocycles. The van der Waals surface area contributed by atoms with Gasteiger partial charge in [-0.15, -0.1) is 0 Å². The van der Waals surface area contributed by atoms with Crippen LogP contribution in [0.4, 0.5) is 0 Å². The number of piperazine rings is 1. The first kappa shape index (κ1) is 13.9. The second-order valence-corrected chi connectivity index (χ2v) is 4.75. The summed E-state index contributed by atoms with van der Waals surface area (Å²) in [5.74, 6) is 0. The van der Waals surface area contributed by atoms with Crippen molar-refractivity contribution in [2.75, 3.05) is 52.9 Å². The maximum atomic E-state index is 9.38. The minimum Gasteiger partial charge on any atom is -0.393 e. The molecule has 4 heteroatoms. The van der Waals surface area contributed by atoms with E-state index in [1.54, 1.807) is 0 Å². The number of hydrogen-bond donors (Lipinski definition) is 2. The van der Waals surface area contributed by atoms with E-state index in [-0.39, 0.29) is 6.10 Å². The molecule has 0 aromatic carbocycles. The summed E-state index contributed by atoms with van der Waals surface area (Å²) < 4.78 is 0. The van der Waals surface area contributed by atoms with Crippen LogP contribution in [0.1, 0.15) is 19.8 Å². The summed E-state index contributed by atoms with van der Waals surface area (Å²) >= 11 is 0. The van der Waals surface area contributed by atoms with Gasteiger partial charge >= 0.3 is 0 Å². The third-order valence-electron chi connectivity index (χ3n) is 3.33. The van der Waals surface area contributed by atoms with E-state index < -0.39 is 0 Å². The summed E-state index contributed by atoms with van der Waals surface area (Å²) in [6.07, 6.45) is 1.61. The van der Waals surface area contributed by atoms with Gasteiger partial charge in [0, 0.05) is 39.3 Å². The fourth-order valence-electron chi connectivity index (χ4n) is 1.91. The van der Waals surface area contributed by atoms with E-state index in [1.807, 2.05) is 6.92 Å². The van der Waals surface area contributed by atoms with Gasteiger partial charge in [0.05, 0.1) is 6.10 Å². The Morgan fingerprint density at radius 1 is 1.19 bits per heavy atom. The average Bonchev–Trinajstić information content (AvgIpc) is 2.31. The van der Waals surface area contributed by atoms with Gasteiger partial charge in [-0.2, -0.15) is 0 Å². The highest BCUT2D eigenvalue weighted by molar-refractivity contribution is 4.69. The van der Waals surface area contributed by atoms with E-state index in [0.717, 1.165) is 32.5 Å². The van der Waals surface area contributed by atoms with Crippen molar-refractivity contribution in [3.8, 4) is 0 Å². The van der Waals surface area contributed by atoms with Crippen molar-refractivity contribution in [3.63, 3.8) is 0 Å². The monoisotopic (exact) mass is 229 g/mol. The van der Waals surface area contributed by atoms with Crippen LogP contribution < -0.4 is 5.32 Å². The topological polar surface area (TPSA) is 38.7 Å². The molecule has 2 N–H and O–H groups in total. The molecule has 96 valence electrons. The predicted molar refractivity (Wildman–Crippen MR) is 67.7 cm³/mol. The smallest absolute Gasteiger partial charge is 0.0549 e. The average molecular weight is 229 g/mol.